The summed E-state index contributed by atoms with van der Waals surface area (Å²) in [5.41, 5.74) is 7.63. The Morgan fingerprint density at radius 2 is 1.84 bits per heavy atom. The van der Waals surface area contributed by atoms with Crippen LogP contribution in [0.25, 0.3) is 22.6 Å². The standard InChI is InChI=1S/C14H11FN2O2/c1-8-2-7-11(18-8)13-12(14(16)19-17-13)9-3-5-10(15)6-4-9/h2-7H,16H2,1H3. The van der Waals surface area contributed by atoms with E-state index in [1.165, 1.54) is 12.1 Å². The number of halogens is 1. The number of benzene rings is 1. The predicted octanol–water partition coefficient (Wildman–Crippen LogP) is 3.63. The van der Waals surface area contributed by atoms with Crippen LogP contribution in [0.15, 0.2) is 45.3 Å². The number of hydrogen-bond acceptors (Lipinski definition) is 4. The first-order chi connectivity index (χ1) is 9.15. The Kier molecular flexibility index (Phi) is 2.59. The van der Waals surface area contributed by atoms with Crippen LogP contribution in [0.4, 0.5) is 10.3 Å². The van der Waals surface area contributed by atoms with E-state index < -0.39 is 0 Å². The molecule has 0 bridgehead atoms. The van der Waals surface area contributed by atoms with Crippen LogP contribution in [0.2, 0.25) is 0 Å². The second kappa shape index (κ2) is 4.28. The van der Waals surface area contributed by atoms with Gasteiger partial charge in [0.1, 0.15) is 11.6 Å². The van der Waals surface area contributed by atoms with Crippen LogP contribution in [-0.2, 0) is 0 Å². The van der Waals surface area contributed by atoms with E-state index in [0.717, 1.165) is 11.3 Å². The maximum absolute atomic E-state index is 13.0. The first-order valence-electron chi connectivity index (χ1n) is 5.73. The summed E-state index contributed by atoms with van der Waals surface area (Å²) in [5.74, 6) is 1.20. The van der Waals surface area contributed by atoms with Gasteiger partial charge in [0.05, 0.1) is 5.56 Å². The summed E-state index contributed by atoms with van der Waals surface area (Å²) in [5, 5.41) is 3.91. The molecule has 0 spiro atoms. The molecule has 19 heavy (non-hydrogen) atoms. The van der Waals surface area contributed by atoms with Crippen molar-refractivity contribution in [2.24, 2.45) is 0 Å². The van der Waals surface area contributed by atoms with Gasteiger partial charge in [0.25, 0.3) is 0 Å². The van der Waals surface area contributed by atoms with Crippen LogP contribution in [0.1, 0.15) is 5.76 Å². The van der Waals surface area contributed by atoms with Gasteiger partial charge in [-0.15, -0.1) is 0 Å². The Balaban J connectivity index is 2.16. The highest BCUT2D eigenvalue weighted by molar-refractivity contribution is 5.85. The maximum Gasteiger partial charge on any atom is 0.230 e. The molecule has 0 aliphatic rings. The molecule has 0 unspecified atom stereocenters. The number of hydrogen-bond donors (Lipinski definition) is 1. The van der Waals surface area contributed by atoms with Crippen molar-refractivity contribution >= 4 is 5.88 Å². The zero-order chi connectivity index (χ0) is 13.4. The molecule has 0 saturated heterocycles. The van der Waals surface area contributed by atoms with Crippen molar-refractivity contribution in [2.75, 3.05) is 5.73 Å². The van der Waals surface area contributed by atoms with Gasteiger partial charge in [-0.3, -0.25) is 0 Å². The Bertz CT molecular complexity index is 713. The van der Waals surface area contributed by atoms with E-state index in [1.54, 1.807) is 18.2 Å². The molecule has 0 radical (unpaired) electrons. The number of aromatic nitrogens is 1. The third-order valence-corrected chi connectivity index (χ3v) is 2.83. The first-order valence-corrected chi connectivity index (χ1v) is 5.73. The molecule has 96 valence electrons. The Morgan fingerprint density at radius 1 is 1.11 bits per heavy atom. The van der Waals surface area contributed by atoms with Gasteiger partial charge < -0.3 is 14.7 Å². The number of nitrogens with two attached hydrogens (primary N) is 1. The van der Waals surface area contributed by atoms with E-state index in [9.17, 15) is 4.39 Å². The van der Waals surface area contributed by atoms with Crippen molar-refractivity contribution in [2.45, 2.75) is 6.92 Å². The van der Waals surface area contributed by atoms with Crippen LogP contribution in [0, 0.1) is 12.7 Å². The number of nitrogens with zero attached hydrogens (tertiary/aromatic N) is 1. The molecule has 1 aromatic carbocycles. The largest absolute Gasteiger partial charge is 0.460 e. The number of rotatable bonds is 2. The lowest BCUT2D eigenvalue weighted by molar-refractivity contribution is 0.435. The maximum atomic E-state index is 13.0. The van der Waals surface area contributed by atoms with Crippen LogP contribution < -0.4 is 5.73 Å². The molecular formula is C14H11FN2O2. The summed E-state index contributed by atoms with van der Waals surface area (Å²) < 4.78 is 23.5. The smallest absolute Gasteiger partial charge is 0.230 e. The third kappa shape index (κ3) is 1.99. The molecule has 0 saturated carbocycles. The molecule has 3 aromatic rings. The molecule has 0 amide bonds. The number of furan rings is 1. The lowest BCUT2D eigenvalue weighted by Crippen LogP contribution is -1.87. The second-order valence-corrected chi connectivity index (χ2v) is 4.19. The predicted molar refractivity (Wildman–Crippen MR) is 68.7 cm³/mol. The fourth-order valence-corrected chi connectivity index (χ4v) is 1.93. The average Bonchev–Trinajstić information content (AvgIpc) is 2.97. The lowest BCUT2D eigenvalue weighted by Gasteiger charge is -2.00. The van der Waals surface area contributed by atoms with Crippen molar-refractivity contribution in [3.8, 4) is 22.6 Å². The van der Waals surface area contributed by atoms with Crippen LogP contribution in [-0.4, -0.2) is 5.16 Å². The van der Waals surface area contributed by atoms with Crippen molar-refractivity contribution in [1.29, 1.82) is 0 Å². The summed E-state index contributed by atoms with van der Waals surface area (Å²) in [6, 6.07) is 9.58. The molecule has 3 rings (SSSR count). The lowest BCUT2D eigenvalue weighted by atomic mass is 10.0. The van der Waals surface area contributed by atoms with Crippen LogP contribution >= 0.6 is 0 Å². The van der Waals surface area contributed by atoms with Crippen molar-refractivity contribution in [3.63, 3.8) is 0 Å². The van der Waals surface area contributed by atoms with Gasteiger partial charge >= 0.3 is 0 Å². The molecule has 4 nitrogen and oxygen atoms in total. The highest BCUT2D eigenvalue weighted by Gasteiger charge is 2.19. The van der Waals surface area contributed by atoms with Gasteiger partial charge in [-0.1, -0.05) is 17.3 Å². The molecule has 2 N–H and O–H groups in total. The van der Waals surface area contributed by atoms with E-state index in [0.29, 0.717) is 17.0 Å². The van der Waals surface area contributed by atoms with Crippen LogP contribution in [0.5, 0.6) is 0 Å². The fourth-order valence-electron chi connectivity index (χ4n) is 1.93. The van der Waals surface area contributed by atoms with E-state index in [-0.39, 0.29) is 11.7 Å². The average molecular weight is 258 g/mol. The first kappa shape index (κ1) is 11.5. The van der Waals surface area contributed by atoms with E-state index >= 15 is 0 Å². The molecule has 2 heterocycles. The van der Waals surface area contributed by atoms with Gasteiger partial charge in [0.2, 0.25) is 5.88 Å². The van der Waals surface area contributed by atoms with E-state index in [4.69, 9.17) is 14.7 Å². The zero-order valence-corrected chi connectivity index (χ0v) is 10.2. The highest BCUT2D eigenvalue weighted by Crippen LogP contribution is 2.36. The topological polar surface area (TPSA) is 65.2 Å². The molecule has 2 aromatic heterocycles. The second-order valence-electron chi connectivity index (χ2n) is 4.19. The molecule has 0 atom stereocenters. The molecule has 0 aliphatic carbocycles. The fraction of sp³-hybridized carbons (Fsp3) is 0.0714. The van der Waals surface area contributed by atoms with Gasteiger partial charge in [-0.05, 0) is 36.8 Å². The van der Waals surface area contributed by atoms with Crippen molar-refractivity contribution < 1.29 is 13.3 Å². The van der Waals surface area contributed by atoms with Gasteiger partial charge in [-0.2, -0.15) is 0 Å². The summed E-state index contributed by atoms with van der Waals surface area (Å²) in [6.07, 6.45) is 0. The minimum atomic E-state index is -0.311. The highest BCUT2D eigenvalue weighted by atomic mass is 19.1. The van der Waals surface area contributed by atoms with Gasteiger partial charge in [-0.25, -0.2) is 4.39 Å². The zero-order valence-electron chi connectivity index (χ0n) is 10.2. The summed E-state index contributed by atoms with van der Waals surface area (Å²) in [4.78, 5) is 0. The summed E-state index contributed by atoms with van der Waals surface area (Å²) in [6.45, 7) is 1.84. The minimum absolute atomic E-state index is 0.177. The van der Waals surface area contributed by atoms with Crippen molar-refractivity contribution in [1.82, 2.24) is 5.16 Å². The number of nitrogen functional groups attached to an aromatic ring is 1. The molecular weight excluding hydrogens is 247 g/mol. The third-order valence-electron chi connectivity index (χ3n) is 2.83. The van der Waals surface area contributed by atoms with Gasteiger partial charge in [0.15, 0.2) is 11.5 Å². The normalized spacial score (nSPS) is 10.8. The van der Waals surface area contributed by atoms with Gasteiger partial charge in [0, 0.05) is 0 Å². The Labute approximate surface area is 108 Å². The van der Waals surface area contributed by atoms with Crippen molar-refractivity contribution in [3.05, 3.63) is 48.0 Å². The van der Waals surface area contributed by atoms with E-state index in [2.05, 4.69) is 5.16 Å². The monoisotopic (exact) mass is 258 g/mol. The Morgan fingerprint density at radius 3 is 2.47 bits per heavy atom. The minimum Gasteiger partial charge on any atom is -0.460 e. The summed E-state index contributed by atoms with van der Waals surface area (Å²) >= 11 is 0. The summed E-state index contributed by atoms with van der Waals surface area (Å²) in [7, 11) is 0. The molecule has 0 aliphatic heterocycles. The molecule has 0 fully saturated rings. The Hall–Kier alpha value is -2.56. The quantitative estimate of drug-likeness (QED) is 0.762. The van der Waals surface area contributed by atoms with E-state index in [1.807, 2.05) is 13.0 Å². The van der Waals surface area contributed by atoms with Crippen LogP contribution in [0.3, 0.4) is 0 Å². The number of anilines is 1. The molecule has 5 heteroatoms. The number of aryl methyl sites for hydroxylation is 1. The SMILES string of the molecule is Cc1ccc(-c2noc(N)c2-c2ccc(F)cc2)o1.